The molecule has 0 aliphatic heterocycles. The highest BCUT2D eigenvalue weighted by atomic mass is 16.6. The predicted octanol–water partition coefficient (Wildman–Crippen LogP) is 2.98. The Bertz CT molecular complexity index is 1170. The molecule has 10 heteroatoms. The molecule has 4 N–H and O–H groups in total. The molecule has 1 heterocycles. The van der Waals surface area contributed by atoms with E-state index in [1.807, 2.05) is 6.07 Å². The van der Waals surface area contributed by atoms with E-state index < -0.39 is 4.92 Å². The Balaban J connectivity index is 2.00. The van der Waals surface area contributed by atoms with Gasteiger partial charge in [-0.1, -0.05) is 6.07 Å². The van der Waals surface area contributed by atoms with Crippen LogP contribution in [0.1, 0.15) is 16.7 Å². The molecule has 3 aromatic rings. The molecule has 0 fully saturated rings. The molecule has 0 saturated heterocycles. The lowest BCUT2D eigenvalue weighted by atomic mass is 10.0. The smallest absolute Gasteiger partial charge is 0.311 e. The Kier molecular flexibility index (Phi) is 5.64. The maximum Gasteiger partial charge on any atom is 0.311 e. The minimum absolute atomic E-state index is 0.0150. The van der Waals surface area contributed by atoms with E-state index in [9.17, 15) is 15.4 Å². The maximum atomic E-state index is 11.3. The van der Waals surface area contributed by atoms with Crippen LogP contribution in [0.2, 0.25) is 0 Å². The number of nitro groups is 1. The first-order valence-electron chi connectivity index (χ1n) is 8.72. The number of nitrogens with zero attached hydrogens (tertiary/aromatic N) is 4. The average Bonchev–Trinajstić information content (AvgIpc) is 2.72. The highest BCUT2D eigenvalue weighted by molar-refractivity contribution is 5.74. The van der Waals surface area contributed by atoms with Gasteiger partial charge in [0, 0.05) is 17.2 Å². The summed E-state index contributed by atoms with van der Waals surface area (Å²) >= 11 is 0. The standard InChI is InChI=1S/C20H18N6O4/c1-11-3-5-17(15(7-11)26(27)28)30-10-13-8-12(4-6-16(13)29-2)18-14(9-21)19(22)25-20(23)24-18/h3-8H,10H2,1-2H3,(H4,22,23,24,25). The second-order valence-corrected chi connectivity index (χ2v) is 6.35. The fraction of sp³-hybridized carbons (Fsp3) is 0.150. The van der Waals surface area contributed by atoms with Crippen molar-refractivity contribution in [3.63, 3.8) is 0 Å². The number of anilines is 2. The Labute approximate surface area is 171 Å². The topological polar surface area (TPSA) is 163 Å². The number of nitro benzene ring substituents is 1. The van der Waals surface area contributed by atoms with Gasteiger partial charge in [0.1, 0.15) is 29.8 Å². The van der Waals surface area contributed by atoms with Crippen molar-refractivity contribution >= 4 is 17.5 Å². The van der Waals surface area contributed by atoms with Crippen LogP contribution in [0.25, 0.3) is 11.3 Å². The molecule has 0 spiro atoms. The number of benzene rings is 2. The third-order valence-electron chi connectivity index (χ3n) is 4.31. The van der Waals surface area contributed by atoms with Crippen LogP contribution in [0.3, 0.4) is 0 Å². The quantitative estimate of drug-likeness (QED) is 0.462. The highest BCUT2D eigenvalue weighted by Crippen LogP contribution is 2.32. The van der Waals surface area contributed by atoms with Gasteiger partial charge in [-0.3, -0.25) is 10.1 Å². The third kappa shape index (κ3) is 4.05. The van der Waals surface area contributed by atoms with Crippen LogP contribution in [0.15, 0.2) is 36.4 Å². The van der Waals surface area contributed by atoms with Gasteiger partial charge in [0.15, 0.2) is 5.75 Å². The minimum Gasteiger partial charge on any atom is -0.496 e. The fourth-order valence-corrected chi connectivity index (χ4v) is 2.90. The van der Waals surface area contributed by atoms with Crippen molar-refractivity contribution in [3.05, 3.63) is 63.2 Å². The lowest BCUT2D eigenvalue weighted by Gasteiger charge is -2.13. The van der Waals surface area contributed by atoms with Crippen LogP contribution in [0.5, 0.6) is 11.5 Å². The largest absolute Gasteiger partial charge is 0.496 e. The van der Waals surface area contributed by atoms with E-state index >= 15 is 0 Å². The summed E-state index contributed by atoms with van der Waals surface area (Å²) in [4.78, 5) is 18.8. The van der Waals surface area contributed by atoms with Gasteiger partial charge in [0.05, 0.1) is 17.7 Å². The molecular weight excluding hydrogens is 388 g/mol. The molecule has 0 bridgehead atoms. The van der Waals surface area contributed by atoms with Crippen molar-refractivity contribution < 1.29 is 14.4 Å². The van der Waals surface area contributed by atoms with Gasteiger partial charge in [0.2, 0.25) is 5.95 Å². The molecule has 0 aliphatic rings. The molecule has 10 nitrogen and oxygen atoms in total. The normalized spacial score (nSPS) is 10.3. The summed E-state index contributed by atoms with van der Waals surface area (Å²) in [7, 11) is 1.49. The summed E-state index contributed by atoms with van der Waals surface area (Å²) in [5, 5.41) is 20.7. The van der Waals surface area contributed by atoms with E-state index in [4.69, 9.17) is 20.9 Å². The first-order chi connectivity index (χ1) is 14.3. The summed E-state index contributed by atoms with van der Waals surface area (Å²) in [6.45, 7) is 1.74. The lowest BCUT2D eigenvalue weighted by molar-refractivity contribution is -0.386. The van der Waals surface area contributed by atoms with Crippen molar-refractivity contribution in [1.82, 2.24) is 9.97 Å². The number of aryl methyl sites for hydroxylation is 1. The van der Waals surface area contributed by atoms with E-state index in [2.05, 4.69) is 9.97 Å². The first-order valence-corrected chi connectivity index (χ1v) is 8.72. The number of nitrogen functional groups attached to an aromatic ring is 2. The van der Waals surface area contributed by atoms with Gasteiger partial charge < -0.3 is 20.9 Å². The van der Waals surface area contributed by atoms with Crippen molar-refractivity contribution in [1.29, 1.82) is 5.26 Å². The van der Waals surface area contributed by atoms with Crippen LogP contribution in [0.4, 0.5) is 17.5 Å². The lowest BCUT2D eigenvalue weighted by Crippen LogP contribution is -2.06. The molecule has 1 aromatic heterocycles. The number of aromatic nitrogens is 2. The van der Waals surface area contributed by atoms with Crippen molar-refractivity contribution in [2.24, 2.45) is 0 Å². The summed E-state index contributed by atoms with van der Waals surface area (Å²) in [6.07, 6.45) is 0. The molecule has 152 valence electrons. The second kappa shape index (κ2) is 8.32. The summed E-state index contributed by atoms with van der Waals surface area (Å²) in [5.74, 6) is 0.544. The van der Waals surface area contributed by atoms with E-state index in [1.165, 1.54) is 13.2 Å². The number of ether oxygens (including phenoxy) is 2. The fourth-order valence-electron chi connectivity index (χ4n) is 2.90. The van der Waals surface area contributed by atoms with Crippen LogP contribution in [0, 0.1) is 28.4 Å². The van der Waals surface area contributed by atoms with Gasteiger partial charge in [-0.15, -0.1) is 0 Å². The van der Waals surface area contributed by atoms with Crippen LogP contribution in [-0.2, 0) is 6.61 Å². The minimum atomic E-state index is -0.498. The predicted molar refractivity (Wildman–Crippen MR) is 110 cm³/mol. The van der Waals surface area contributed by atoms with Gasteiger partial charge in [0.25, 0.3) is 0 Å². The third-order valence-corrected chi connectivity index (χ3v) is 4.31. The van der Waals surface area contributed by atoms with Gasteiger partial charge >= 0.3 is 5.69 Å². The number of nitrogens with two attached hydrogens (primary N) is 2. The Morgan fingerprint density at radius 3 is 2.57 bits per heavy atom. The molecule has 0 unspecified atom stereocenters. The molecule has 30 heavy (non-hydrogen) atoms. The number of rotatable bonds is 6. The first kappa shape index (κ1) is 20.3. The van der Waals surface area contributed by atoms with Gasteiger partial charge in [-0.25, -0.2) is 4.98 Å². The molecule has 0 radical (unpaired) electrons. The Hall–Kier alpha value is -4.39. The maximum absolute atomic E-state index is 11.3. The van der Waals surface area contributed by atoms with Gasteiger partial charge in [-0.05, 0) is 36.8 Å². The van der Waals surface area contributed by atoms with E-state index in [1.54, 1.807) is 37.3 Å². The van der Waals surface area contributed by atoms with Crippen molar-refractivity contribution in [2.75, 3.05) is 18.6 Å². The van der Waals surface area contributed by atoms with Crippen LogP contribution >= 0.6 is 0 Å². The zero-order valence-electron chi connectivity index (χ0n) is 16.2. The SMILES string of the molecule is COc1ccc(-c2nc(N)nc(N)c2C#N)cc1COc1ccc(C)cc1[N+](=O)[O-]. The molecule has 3 rings (SSSR count). The monoisotopic (exact) mass is 406 g/mol. The number of hydrogen-bond acceptors (Lipinski definition) is 9. The zero-order valence-corrected chi connectivity index (χ0v) is 16.2. The molecular formula is C20H18N6O4. The van der Waals surface area contributed by atoms with Crippen molar-refractivity contribution in [2.45, 2.75) is 13.5 Å². The number of methoxy groups -OCH3 is 1. The summed E-state index contributed by atoms with van der Waals surface area (Å²) in [6, 6.07) is 11.7. The highest BCUT2D eigenvalue weighted by Gasteiger charge is 2.18. The number of nitriles is 1. The van der Waals surface area contributed by atoms with Crippen LogP contribution in [-0.4, -0.2) is 22.0 Å². The molecule has 0 aliphatic carbocycles. The molecule has 0 atom stereocenters. The zero-order chi connectivity index (χ0) is 21.8. The summed E-state index contributed by atoms with van der Waals surface area (Å²) < 4.78 is 11.1. The van der Waals surface area contributed by atoms with E-state index in [0.29, 0.717) is 16.9 Å². The Morgan fingerprint density at radius 1 is 1.17 bits per heavy atom. The average molecular weight is 406 g/mol. The second-order valence-electron chi connectivity index (χ2n) is 6.35. The molecule has 0 saturated carbocycles. The van der Waals surface area contributed by atoms with Crippen molar-refractivity contribution in [3.8, 4) is 28.8 Å². The van der Waals surface area contributed by atoms with Crippen LogP contribution < -0.4 is 20.9 Å². The number of hydrogen-bond donors (Lipinski definition) is 2. The molecule has 0 amide bonds. The summed E-state index contributed by atoms with van der Waals surface area (Å²) in [5.41, 5.74) is 13.6. The Morgan fingerprint density at radius 2 is 1.90 bits per heavy atom. The van der Waals surface area contributed by atoms with E-state index in [0.717, 1.165) is 5.56 Å². The van der Waals surface area contributed by atoms with Gasteiger partial charge in [-0.2, -0.15) is 10.2 Å². The molecule has 2 aromatic carbocycles. The van der Waals surface area contributed by atoms with E-state index in [-0.39, 0.29) is 41.1 Å².